The third-order valence-corrected chi connectivity index (χ3v) is 4.28. The van der Waals surface area contributed by atoms with E-state index in [1.165, 1.54) is 6.26 Å². The second-order valence-corrected chi connectivity index (χ2v) is 6.77. The van der Waals surface area contributed by atoms with E-state index in [0.29, 0.717) is 11.3 Å². The second kappa shape index (κ2) is 6.17. The van der Waals surface area contributed by atoms with Crippen LogP contribution in [0.2, 0.25) is 0 Å². The maximum atomic E-state index is 11.6. The van der Waals surface area contributed by atoms with Gasteiger partial charge in [0.2, 0.25) is 0 Å². The van der Waals surface area contributed by atoms with E-state index in [1.54, 1.807) is 18.2 Å². The van der Waals surface area contributed by atoms with Crippen LogP contribution in [0.1, 0.15) is 17.2 Å². The van der Waals surface area contributed by atoms with Gasteiger partial charge in [0.25, 0.3) is 0 Å². The quantitative estimate of drug-likeness (QED) is 0.651. The molecule has 106 valence electrons. The molecule has 2 rings (SSSR count). The van der Waals surface area contributed by atoms with Crippen LogP contribution in [-0.2, 0) is 16.3 Å². The number of hydrogen-bond acceptors (Lipinski definition) is 4. The Balaban J connectivity index is 2.28. The van der Waals surface area contributed by atoms with Gasteiger partial charge >= 0.3 is 0 Å². The first-order valence-corrected chi connectivity index (χ1v) is 8.20. The van der Waals surface area contributed by atoms with Crippen LogP contribution in [-0.4, -0.2) is 14.7 Å². The molecule has 2 aromatic carbocycles. The molecule has 0 saturated heterocycles. The van der Waals surface area contributed by atoms with Crippen molar-refractivity contribution in [3.05, 3.63) is 65.7 Å². The molecule has 0 bridgehead atoms. The molecule has 0 aromatic heterocycles. The molecule has 0 spiro atoms. The zero-order chi connectivity index (χ0) is 14.6. The molecule has 3 N–H and O–H groups in total. The molecule has 1 atom stereocenters. The monoisotopic (exact) mass is 290 g/mol. The van der Waals surface area contributed by atoms with E-state index in [2.05, 4.69) is 5.43 Å². The van der Waals surface area contributed by atoms with Gasteiger partial charge in [-0.25, -0.2) is 8.42 Å². The summed E-state index contributed by atoms with van der Waals surface area (Å²) in [5, 5.41) is 0. The molecule has 20 heavy (non-hydrogen) atoms. The molecule has 0 aliphatic heterocycles. The molecule has 0 heterocycles. The first kappa shape index (κ1) is 14.7. The molecule has 1 unspecified atom stereocenters. The molecule has 0 aliphatic rings. The van der Waals surface area contributed by atoms with Crippen molar-refractivity contribution < 1.29 is 8.42 Å². The molecule has 0 radical (unpaired) electrons. The van der Waals surface area contributed by atoms with Crippen molar-refractivity contribution in [2.75, 3.05) is 6.26 Å². The van der Waals surface area contributed by atoms with Crippen LogP contribution < -0.4 is 11.3 Å². The Kier molecular flexibility index (Phi) is 4.54. The van der Waals surface area contributed by atoms with Crippen molar-refractivity contribution in [1.29, 1.82) is 0 Å². The van der Waals surface area contributed by atoms with Crippen molar-refractivity contribution >= 4 is 9.84 Å². The Hall–Kier alpha value is -1.69. The highest BCUT2D eigenvalue weighted by atomic mass is 32.2. The highest BCUT2D eigenvalue weighted by Gasteiger charge is 2.14. The highest BCUT2D eigenvalue weighted by Crippen LogP contribution is 2.20. The summed E-state index contributed by atoms with van der Waals surface area (Å²) in [4.78, 5) is 0.309. The Morgan fingerprint density at radius 3 is 2.40 bits per heavy atom. The zero-order valence-electron chi connectivity index (χ0n) is 11.3. The summed E-state index contributed by atoms with van der Waals surface area (Å²) in [5.74, 6) is 5.61. The number of nitrogens with one attached hydrogen (secondary N) is 1. The summed E-state index contributed by atoms with van der Waals surface area (Å²) < 4.78 is 23.2. The number of hydrazine groups is 1. The minimum absolute atomic E-state index is 0.126. The maximum absolute atomic E-state index is 11.6. The predicted octanol–water partition coefficient (Wildman–Crippen LogP) is 1.84. The van der Waals surface area contributed by atoms with E-state index in [-0.39, 0.29) is 6.04 Å². The minimum atomic E-state index is -3.21. The molecule has 2 aromatic rings. The molecule has 5 heteroatoms. The van der Waals surface area contributed by atoms with E-state index < -0.39 is 9.84 Å². The Morgan fingerprint density at radius 2 is 1.80 bits per heavy atom. The predicted molar refractivity (Wildman–Crippen MR) is 79.8 cm³/mol. The van der Waals surface area contributed by atoms with Gasteiger partial charge in [0, 0.05) is 6.26 Å². The van der Waals surface area contributed by atoms with Crippen LogP contribution in [0.4, 0.5) is 0 Å². The van der Waals surface area contributed by atoms with Crippen LogP contribution in [0.5, 0.6) is 0 Å². The van der Waals surface area contributed by atoms with E-state index in [9.17, 15) is 8.42 Å². The lowest BCUT2D eigenvalue weighted by atomic mass is 9.99. The highest BCUT2D eigenvalue weighted by molar-refractivity contribution is 7.90. The fraction of sp³-hybridized carbons (Fsp3) is 0.200. The Morgan fingerprint density at radius 1 is 1.10 bits per heavy atom. The van der Waals surface area contributed by atoms with Gasteiger partial charge < -0.3 is 0 Å². The average molecular weight is 290 g/mol. The first-order chi connectivity index (χ1) is 9.50. The second-order valence-electron chi connectivity index (χ2n) is 4.75. The molecule has 0 amide bonds. The largest absolute Gasteiger partial charge is 0.271 e. The van der Waals surface area contributed by atoms with Gasteiger partial charge in [-0.2, -0.15) is 0 Å². The summed E-state index contributed by atoms with van der Waals surface area (Å²) in [6.45, 7) is 0. The number of benzene rings is 2. The standard InChI is InChI=1S/C15H18N2O2S/c1-20(18,19)14-9-5-8-13(11-14)15(17-16)10-12-6-3-2-4-7-12/h2-9,11,15,17H,10,16H2,1H3. The smallest absolute Gasteiger partial charge is 0.175 e. The lowest BCUT2D eigenvalue weighted by Crippen LogP contribution is -2.29. The van der Waals surface area contributed by atoms with Crippen molar-refractivity contribution in [2.24, 2.45) is 5.84 Å². The number of nitrogens with two attached hydrogens (primary N) is 1. The van der Waals surface area contributed by atoms with Gasteiger partial charge in [0.1, 0.15) is 0 Å². The van der Waals surface area contributed by atoms with Gasteiger partial charge in [-0.3, -0.25) is 11.3 Å². The van der Waals surface area contributed by atoms with Gasteiger partial charge in [0.05, 0.1) is 10.9 Å². The fourth-order valence-electron chi connectivity index (χ4n) is 2.08. The third kappa shape index (κ3) is 3.66. The van der Waals surface area contributed by atoms with Crippen LogP contribution >= 0.6 is 0 Å². The molecular formula is C15H18N2O2S. The molecule has 4 nitrogen and oxygen atoms in total. The Labute approximate surface area is 119 Å². The molecule has 0 aliphatic carbocycles. The topological polar surface area (TPSA) is 72.2 Å². The number of sulfone groups is 1. The van der Waals surface area contributed by atoms with Crippen molar-refractivity contribution in [3.63, 3.8) is 0 Å². The van der Waals surface area contributed by atoms with Crippen molar-refractivity contribution in [1.82, 2.24) is 5.43 Å². The van der Waals surface area contributed by atoms with E-state index in [1.807, 2.05) is 36.4 Å². The van der Waals surface area contributed by atoms with Crippen LogP contribution in [0.25, 0.3) is 0 Å². The third-order valence-electron chi connectivity index (χ3n) is 3.17. The summed E-state index contributed by atoms with van der Waals surface area (Å²) in [5.41, 5.74) is 4.75. The fourth-order valence-corrected chi connectivity index (χ4v) is 2.76. The molecule has 0 saturated carbocycles. The van der Waals surface area contributed by atoms with Gasteiger partial charge in [-0.15, -0.1) is 0 Å². The van der Waals surface area contributed by atoms with Crippen molar-refractivity contribution in [3.8, 4) is 0 Å². The summed E-state index contributed by atoms with van der Waals surface area (Å²) in [7, 11) is -3.21. The van der Waals surface area contributed by atoms with Gasteiger partial charge in [-0.05, 0) is 29.7 Å². The van der Waals surface area contributed by atoms with E-state index >= 15 is 0 Å². The minimum Gasteiger partial charge on any atom is -0.271 e. The maximum Gasteiger partial charge on any atom is 0.175 e. The summed E-state index contributed by atoms with van der Waals surface area (Å²) in [6, 6.07) is 16.7. The lowest BCUT2D eigenvalue weighted by Gasteiger charge is -2.17. The number of hydrogen-bond donors (Lipinski definition) is 2. The van der Waals surface area contributed by atoms with Crippen LogP contribution in [0.3, 0.4) is 0 Å². The number of rotatable bonds is 5. The van der Waals surface area contributed by atoms with E-state index in [0.717, 1.165) is 11.1 Å². The van der Waals surface area contributed by atoms with Crippen LogP contribution in [0, 0.1) is 0 Å². The van der Waals surface area contributed by atoms with E-state index in [4.69, 9.17) is 5.84 Å². The van der Waals surface area contributed by atoms with Crippen molar-refractivity contribution in [2.45, 2.75) is 17.4 Å². The van der Waals surface area contributed by atoms with Gasteiger partial charge in [0.15, 0.2) is 9.84 Å². The molecular weight excluding hydrogens is 272 g/mol. The van der Waals surface area contributed by atoms with Gasteiger partial charge in [-0.1, -0.05) is 42.5 Å². The normalized spacial score (nSPS) is 13.1. The Bertz CT molecular complexity index is 669. The molecule has 0 fully saturated rings. The van der Waals surface area contributed by atoms with Crippen LogP contribution in [0.15, 0.2) is 59.5 Å². The average Bonchev–Trinajstić information content (AvgIpc) is 2.45. The lowest BCUT2D eigenvalue weighted by molar-refractivity contribution is 0.550. The zero-order valence-corrected chi connectivity index (χ0v) is 12.1. The summed E-state index contributed by atoms with van der Waals surface area (Å²) >= 11 is 0. The summed E-state index contributed by atoms with van der Waals surface area (Å²) in [6.07, 6.45) is 1.90. The SMILES string of the molecule is CS(=O)(=O)c1cccc(C(Cc2ccccc2)NN)c1. The first-order valence-electron chi connectivity index (χ1n) is 6.31.